The Morgan fingerprint density at radius 3 is 2.77 bits per heavy atom. The van der Waals surface area contributed by atoms with Gasteiger partial charge in [-0.15, -0.1) is 0 Å². The van der Waals surface area contributed by atoms with Crippen molar-refractivity contribution in [3.63, 3.8) is 0 Å². The van der Waals surface area contributed by atoms with Gasteiger partial charge in [-0.3, -0.25) is 0 Å². The maximum absolute atomic E-state index is 5.64. The van der Waals surface area contributed by atoms with E-state index in [-0.39, 0.29) is 11.6 Å². The first-order valence-corrected chi connectivity index (χ1v) is 5.10. The van der Waals surface area contributed by atoms with Gasteiger partial charge < -0.3 is 15.8 Å². The maximum atomic E-state index is 5.64. The molecule has 0 spiro atoms. The van der Waals surface area contributed by atoms with Crippen LogP contribution in [-0.4, -0.2) is 31.3 Å². The molecule has 0 saturated carbocycles. The van der Waals surface area contributed by atoms with E-state index in [9.17, 15) is 0 Å². The van der Waals surface area contributed by atoms with E-state index in [2.05, 4.69) is 19.2 Å². The highest BCUT2D eigenvalue weighted by atomic mass is 16.5. The molecule has 13 heavy (non-hydrogen) atoms. The number of ether oxygens (including phenoxy) is 1. The van der Waals surface area contributed by atoms with Gasteiger partial charge in [-0.1, -0.05) is 0 Å². The van der Waals surface area contributed by atoms with Crippen LogP contribution in [0.1, 0.15) is 27.2 Å². The molecule has 0 bridgehead atoms. The van der Waals surface area contributed by atoms with Crippen molar-refractivity contribution >= 4 is 0 Å². The molecule has 1 rings (SSSR count). The minimum atomic E-state index is 0.0840. The number of rotatable bonds is 4. The van der Waals surface area contributed by atoms with Gasteiger partial charge in [-0.2, -0.15) is 0 Å². The Morgan fingerprint density at radius 1 is 1.62 bits per heavy atom. The van der Waals surface area contributed by atoms with Crippen LogP contribution in [0.2, 0.25) is 0 Å². The van der Waals surface area contributed by atoms with E-state index in [0.717, 1.165) is 26.1 Å². The lowest BCUT2D eigenvalue weighted by atomic mass is 9.98. The Bertz CT molecular complexity index is 157. The minimum Gasteiger partial charge on any atom is -0.375 e. The number of nitrogens with one attached hydrogen (secondary N) is 1. The van der Waals surface area contributed by atoms with Crippen molar-refractivity contribution < 1.29 is 4.74 Å². The summed E-state index contributed by atoms with van der Waals surface area (Å²) >= 11 is 0. The maximum Gasteiger partial charge on any atom is 0.0630 e. The summed E-state index contributed by atoms with van der Waals surface area (Å²) in [5.41, 5.74) is 5.72. The Kier molecular flexibility index (Phi) is 3.71. The van der Waals surface area contributed by atoms with Crippen molar-refractivity contribution in [2.45, 2.75) is 38.8 Å². The molecule has 0 aliphatic carbocycles. The zero-order valence-corrected chi connectivity index (χ0v) is 8.97. The minimum absolute atomic E-state index is 0.0840. The summed E-state index contributed by atoms with van der Waals surface area (Å²) < 4.78 is 5.64. The second kappa shape index (κ2) is 4.40. The third-order valence-corrected chi connectivity index (χ3v) is 2.39. The Balaban J connectivity index is 2.11. The molecule has 3 heteroatoms. The fourth-order valence-corrected chi connectivity index (χ4v) is 1.80. The van der Waals surface area contributed by atoms with E-state index in [4.69, 9.17) is 10.5 Å². The van der Waals surface area contributed by atoms with Crippen molar-refractivity contribution in [3.05, 3.63) is 0 Å². The van der Waals surface area contributed by atoms with E-state index in [1.807, 2.05) is 6.92 Å². The molecule has 0 aromatic heterocycles. The zero-order valence-electron chi connectivity index (χ0n) is 8.97. The molecule has 2 atom stereocenters. The third-order valence-electron chi connectivity index (χ3n) is 2.39. The molecule has 0 amide bonds. The summed E-state index contributed by atoms with van der Waals surface area (Å²) in [5.74, 6) is 0.661. The van der Waals surface area contributed by atoms with Crippen LogP contribution in [-0.2, 0) is 4.74 Å². The molecular formula is C10H22N2O. The van der Waals surface area contributed by atoms with Crippen molar-refractivity contribution in [3.8, 4) is 0 Å². The monoisotopic (exact) mass is 186 g/mol. The summed E-state index contributed by atoms with van der Waals surface area (Å²) in [4.78, 5) is 0. The van der Waals surface area contributed by atoms with E-state index < -0.39 is 0 Å². The quantitative estimate of drug-likeness (QED) is 0.680. The number of nitrogens with two attached hydrogens (primary N) is 1. The van der Waals surface area contributed by atoms with Crippen molar-refractivity contribution in [2.75, 3.05) is 19.7 Å². The van der Waals surface area contributed by atoms with Gasteiger partial charge in [-0.05, 0) is 33.1 Å². The van der Waals surface area contributed by atoms with Crippen molar-refractivity contribution in [1.82, 2.24) is 5.32 Å². The lowest BCUT2D eigenvalue weighted by Gasteiger charge is -2.16. The van der Waals surface area contributed by atoms with Gasteiger partial charge in [0.2, 0.25) is 0 Å². The molecule has 1 heterocycles. The lowest BCUT2D eigenvalue weighted by Crippen LogP contribution is -2.34. The van der Waals surface area contributed by atoms with Gasteiger partial charge in [0.25, 0.3) is 0 Å². The first kappa shape index (κ1) is 11.0. The van der Waals surface area contributed by atoms with Gasteiger partial charge in [-0.25, -0.2) is 0 Å². The average molecular weight is 186 g/mol. The highest BCUT2D eigenvalue weighted by Gasteiger charge is 2.31. The van der Waals surface area contributed by atoms with E-state index in [1.54, 1.807) is 0 Å². The molecule has 1 aliphatic rings. The number of hydrogen-bond acceptors (Lipinski definition) is 3. The second-order valence-electron chi connectivity index (χ2n) is 4.78. The van der Waals surface area contributed by atoms with Gasteiger partial charge in [0.1, 0.15) is 0 Å². The molecule has 0 aromatic rings. The van der Waals surface area contributed by atoms with Gasteiger partial charge in [0.05, 0.1) is 12.2 Å². The first-order chi connectivity index (χ1) is 5.99. The molecule has 1 fully saturated rings. The number of hydrogen-bond donors (Lipinski definition) is 2. The summed E-state index contributed by atoms with van der Waals surface area (Å²) in [6.07, 6.45) is 1.15. The van der Waals surface area contributed by atoms with E-state index >= 15 is 0 Å². The fraction of sp³-hybridized carbons (Fsp3) is 1.00. The summed E-state index contributed by atoms with van der Waals surface area (Å²) in [7, 11) is 0. The van der Waals surface area contributed by atoms with Crippen molar-refractivity contribution in [2.24, 2.45) is 11.7 Å². The van der Waals surface area contributed by atoms with Crippen LogP contribution in [0.5, 0.6) is 0 Å². The summed E-state index contributed by atoms with van der Waals surface area (Å²) in [6.45, 7) is 9.14. The van der Waals surface area contributed by atoms with Crippen LogP contribution < -0.4 is 11.1 Å². The smallest absolute Gasteiger partial charge is 0.0630 e. The van der Waals surface area contributed by atoms with Crippen LogP contribution in [0.15, 0.2) is 0 Å². The molecule has 0 aromatic carbocycles. The normalized spacial score (nSPS) is 29.1. The highest BCUT2D eigenvalue weighted by molar-refractivity contribution is 4.82. The molecule has 3 nitrogen and oxygen atoms in total. The predicted octanol–water partition coefficient (Wildman–Crippen LogP) is 0.738. The molecule has 0 radical (unpaired) electrons. The highest BCUT2D eigenvalue weighted by Crippen LogP contribution is 2.28. The van der Waals surface area contributed by atoms with Crippen LogP contribution in [0, 0.1) is 5.92 Å². The molecule has 78 valence electrons. The second-order valence-corrected chi connectivity index (χ2v) is 4.78. The van der Waals surface area contributed by atoms with E-state index in [1.165, 1.54) is 0 Å². The third kappa shape index (κ3) is 4.07. The zero-order chi connectivity index (χ0) is 9.90. The average Bonchev–Trinajstić information content (AvgIpc) is 2.29. The van der Waals surface area contributed by atoms with Crippen LogP contribution >= 0.6 is 0 Å². The summed E-state index contributed by atoms with van der Waals surface area (Å²) in [6, 6.07) is 0.246. The molecule has 3 N–H and O–H groups in total. The Morgan fingerprint density at radius 2 is 2.31 bits per heavy atom. The van der Waals surface area contributed by atoms with Gasteiger partial charge >= 0.3 is 0 Å². The van der Waals surface area contributed by atoms with Gasteiger partial charge in [0.15, 0.2) is 0 Å². The van der Waals surface area contributed by atoms with Crippen LogP contribution in [0.4, 0.5) is 0 Å². The molecule has 2 unspecified atom stereocenters. The molecule has 1 aliphatic heterocycles. The first-order valence-electron chi connectivity index (χ1n) is 5.10. The SMILES string of the molecule is CC(N)CNCC1COC(C)(C)C1. The van der Waals surface area contributed by atoms with Crippen LogP contribution in [0.25, 0.3) is 0 Å². The molecule has 1 saturated heterocycles. The topological polar surface area (TPSA) is 47.3 Å². The Labute approximate surface area is 81.0 Å². The fourth-order valence-electron chi connectivity index (χ4n) is 1.80. The summed E-state index contributed by atoms with van der Waals surface area (Å²) in [5, 5.41) is 3.36. The molecular weight excluding hydrogens is 164 g/mol. The van der Waals surface area contributed by atoms with Gasteiger partial charge in [0, 0.05) is 19.1 Å². The lowest BCUT2D eigenvalue weighted by molar-refractivity contribution is 0.0350. The largest absolute Gasteiger partial charge is 0.375 e. The standard InChI is InChI=1S/C10H22N2O/c1-8(11)5-12-6-9-4-10(2,3)13-7-9/h8-9,12H,4-7,11H2,1-3H3. The predicted molar refractivity (Wildman–Crippen MR) is 54.7 cm³/mol. The van der Waals surface area contributed by atoms with Crippen LogP contribution in [0.3, 0.4) is 0 Å². The van der Waals surface area contributed by atoms with E-state index in [0.29, 0.717) is 5.92 Å². The van der Waals surface area contributed by atoms with Crippen molar-refractivity contribution in [1.29, 1.82) is 0 Å². The Hall–Kier alpha value is -0.120.